The smallest absolute Gasteiger partial charge is 0.308 e. The van der Waals surface area contributed by atoms with Gasteiger partial charge in [-0.2, -0.15) is 0 Å². The number of carbonyl (C=O) groups is 4. The minimum atomic E-state index is -0.889. The summed E-state index contributed by atoms with van der Waals surface area (Å²) in [6.45, 7) is 11.9. The number of allylic oxidation sites excluding steroid dienone is 1. The van der Waals surface area contributed by atoms with E-state index in [1.807, 2.05) is 46.8 Å². The Labute approximate surface area is 236 Å². The molecular weight excluding hydrogens is 512 g/mol. The minimum Gasteiger partial charge on any atom is -0.472 e. The third kappa shape index (κ3) is 4.07. The van der Waals surface area contributed by atoms with Gasteiger partial charge in [0, 0.05) is 28.2 Å². The molecule has 2 bridgehead atoms. The van der Waals surface area contributed by atoms with Crippen molar-refractivity contribution in [3.8, 4) is 0 Å². The highest BCUT2D eigenvalue weighted by Gasteiger charge is 2.69. The first-order valence-corrected chi connectivity index (χ1v) is 14.5. The van der Waals surface area contributed by atoms with Crippen LogP contribution in [-0.4, -0.2) is 36.9 Å². The number of rotatable bonds is 6. The predicted molar refractivity (Wildman–Crippen MR) is 144 cm³/mol. The summed E-state index contributed by atoms with van der Waals surface area (Å²) in [5.74, 6) is -2.73. The van der Waals surface area contributed by atoms with Crippen LogP contribution in [0.5, 0.6) is 0 Å². The van der Waals surface area contributed by atoms with Gasteiger partial charge in [-0.1, -0.05) is 53.2 Å². The Morgan fingerprint density at radius 3 is 2.50 bits per heavy atom. The Morgan fingerprint density at radius 2 is 1.88 bits per heavy atom. The van der Waals surface area contributed by atoms with Gasteiger partial charge in [0.2, 0.25) is 0 Å². The second-order valence-corrected chi connectivity index (χ2v) is 13.4. The van der Waals surface area contributed by atoms with E-state index >= 15 is 0 Å². The van der Waals surface area contributed by atoms with Gasteiger partial charge in [-0.15, -0.1) is 0 Å². The zero-order valence-corrected chi connectivity index (χ0v) is 24.7. The van der Waals surface area contributed by atoms with E-state index in [0.29, 0.717) is 12.8 Å². The van der Waals surface area contributed by atoms with E-state index in [0.717, 1.165) is 17.6 Å². The average molecular weight is 555 g/mol. The third-order valence-electron chi connectivity index (χ3n) is 11.1. The Hall–Kier alpha value is -2.90. The summed E-state index contributed by atoms with van der Waals surface area (Å²) in [5.41, 5.74) is -0.0944. The van der Waals surface area contributed by atoms with Crippen molar-refractivity contribution in [3.05, 3.63) is 35.8 Å². The number of hydrogen-bond acceptors (Lipinski definition) is 8. The number of ketones is 1. The van der Waals surface area contributed by atoms with Crippen LogP contribution in [-0.2, 0) is 33.4 Å². The molecule has 2 saturated carbocycles. The van der Waals surface area contributed by atoms with E-state index in [2.05, 4.69) is 6.92 Å². The van der Waals surface area contributed by atoms with Crippen molar-refractivity contribution in [3.63, 3.8) is 0 Å². The van der Waals surface area contributed by atoms with E-state index in [-0.39, 0.29) is 48.3 Å². The number of cyclic esters (lactones) is 1. The fourth-order valence-electron chi connectivity index (χ4n) is 8.56. The number of esters is 3. The molecule has 40 heavy (non-hydrogen) atoms. The lowest BCUT2D eigenvalue weighted by molar-refractivity contribution is -0.198. The Morgan fingerprint density at radius 1 is 1.15 bits per heavy atom. The summed E-state index contributed by atoms with van der Waals surface area (Å²) < 4.78 is 22.6. The van der Waals surface area contributed by atoms with Gasteiger partial charge in [0.15, 0.2) is 0 Å². The zero-order valence-electron chi connectivity index (χ0n) is 24.7. The molecule has 9 atom stereocenters. The van der Waals surface area contributed by atoms with Crippen LogP contribution < -0.4 is 0 Å². The van der Waals surface area contributed by atoms with Crippen LogP contribution >= 0.6 is 0 Å². The average Bonchev–Trinajstić information content (AvgIpc) is 3.45. The van der Waals surface area contributed by atoms with Crippen LogP contribution in [0.2, 0.25) is 0 Å². The molecule has 0 N–H and O–H groups in total. The maximum absolute atomic E-state index is 14.4. The van der Waals surface area contributed by atoms with Crippen molar-refractivity contribution in [1.82, 2.24) is 0 Å². The molecule has 1 aromatic heterocycles. The monoisotopic (exact) mass is 554 g/mol. The molecule has 0 unspecified atom stereocenters. The Bertz CT molecular complexity index is 1230. The molecule has 218 valence electrons. The number of Topliss-reactive ketones (excluding diaryl/α,β-unsaturated/α-hetero) is 1. The summed E-state index contributed by atoms with van der Waals surface area (Å²) >= 11 is 0. The molecule has 5 rings (SSSR count). The number of ether oxygens (including phenoxy) is 3. The summed E-state index contributed by atoms with van der Waals surface area (Å²) in [6, 6.07) is 1.84. The molecule has 1 aromatic rings. The summed E-state index contributed by atoms with van der Waals surface area (Å²) in [4.78, 5) is 53.4. The molecule has 0 radical (unpaired) electrons. The summed E-state index contributed by atoms with van der Waals surface area (Å²) in [7, 11) is 1.35. The van der Waals surface area contributed by atoms with Gasteiger partial charge in [-0.25, -0.2) is 0 Å². The van der Waals surface area contributed by atoms with Gasteiger partial charge in [0.1, 0.15) is 18.0 Å². The maximum atomic E-state index is 14.4. The minimum absolute atomic E-state index is 0.00445. The fraction of sp³-hybridized carbons (Fsp3) is 0.688. The lowest BCUT2D eigenvalue weighted by atomic mass is 9.40. The lowest BCUT2D eigenvalue weighted by Crippen LogP contribution is -2.66. The third-order valence-corrected chi connectivity index (χ3v) is 11.1. The highest BCUT2D eigenvalue weighted by molar-refractivity contribution is 5.93. The number of methoxy groups -OCH3 is 1. The predicted octanol–water partition coefficient (Wildman–Crippen LogP) is 5.61. The van der Waals surface area contributed by atoms with E-state index in [4.69, 9.17) is 18.6 Å². The highest BCUT2D eigenvalue weighted by Crippen LogP contribution is 2.68. The molecule has 3 fully saturated rings. The van der Waals surface area contributed by atoms with Crippen molar-refractivity contribution in [1.29, 1.82) is 0 Å². The number of furan rings is 1. The molecule has 8 heteroatoms. The van der Waals surface area contributed by atoms with Crippen molar-refractivity contribution in [2.45, 2.75) is 85.9 Å². The molecule has 0 spiro atoms. The fourth-order valence-corrected chi connectivity index (χ4v) is 8.56. The molecule has 2 heterocycles. The quantitative estimate of drug-likeness (QED) is 0.254. The van der Waals surface area contributed by atoms with Crippen molar-refractivity contribution in [2.24, 2.45) is 45.8 Å². The van der Waals surface area contributed by atoms with Gasteiger partial charge < -0.3 is 18.6 Å². The summed E-state index contributed by atoms with van der Waals surface area (Å²) in [6.07, 6.45) is 6.36. The van der Waals surface area contributed by atoms with Crippen molar-refractivity contribution < 1.29 is 37.8 Å². The van der Waals surface area contributed by atoms with Crippen LogP contribution in [0.4, 0.5) is 0 Å². The Balaban J connectivity index is 1.65. The van der Waals surface area contributed by atoms with Gasteiger partial charge in [0.25, 0.3) is 0 Å². The molecule has 1 aliphatic heterocycles. The van der Waals surface area contributed by atoms with Crippen LogP contribution in [0.25, 0.3) is 0 Å². The molecule has 8 nitrogen and oxygen atoms in total. The number of carbonyl (C=O) groups excluding carboxylic acids is 4. The molecule has 4 aliphatic rings. The SMILES string of the molecule is CC[C@H](C)C(=O)O[C@H]1[C@H]2C=C3[C@H]4CC(=O)O[C@@H](c5ccoc5)[C@@]4(C)CC[C@@H]3[C@@](C)(C2=O)[C@@H](CC(=O)OC)C1(C)C. The second kappa shape index (κ2) is 9.88. The normalized spacial score (nSPS) is 38.7. The van der Waals surface area contributed by atoms with E-state index < -0.39 is 46.3 Å². The summed E-state index contributed by atoms with van der Waals surface area (Å²) in [5, 5.41) is 0. The number of fused-ring (bicyclic) bond motifs is 6. The molecule has 0 aromatic carbocycles. The standard InChI is InChI=1S/C32H42O8/c1-8-17(2)29(36)40-28-20-13-19-21(32(6,26(20)35)23(30(28,3)4)15-24(33)37-7)9-11-31(5)22(19)14-25(34)39-27(31)18-10-12-38-16-18/h10,12-13,16-17,20-23,27-28H,8-9,11,14-15H2,1-7H3/t17-,20-,21-,22+,23-,27-,28-,31-,32+/m0/s1. The van der Waals surface area contributed by atoms with Gasteiger partial charge >= 0.3 is 17.9 Å². The molecular formula is C32H42O8. The first-order valence-electron chi connectivity index (χ1n) is 14.5. The van der Waals surface area contributed by atoms with Crippen LogP contribution in [0.1, 0.15) is 85.3 Å². The number of hydrogen-bond donors (Lipinski definition) is 0. The first kappa shape index (κ1) is 28.6. The zero-order chi connectivity index (χ0) is 29.2. The Kier molecular flexibility index (Phi) is 7.07. The van der Waals surface area contributed by atoms with Crippen molar-refractivity contribution in [2.75, 3.05) is 7.11 Å². The lowest BCUT2D eigenvalue weighted by Gasteiger charge is -2.63. The van der Waals surface area contributed by atoms with Crippen molar-refractivity contribution >= 4 is 23.7 Å². The topological polar surface area (TPSA) is 109 Å². The van der Waals surface area contributed by atoms with E-state index in [9.17, 15) is 19.2 Å². The highest BCUT2D eigenvalue weighted by atomic mass is 16.6. The van der Waals surface area contributed by atoms with Gasteiger partial charge in [0.05, 0.1) is 37.9 Å². The van der Waals surface area contributed by atoms with Crippen LogP contribution in [0, 0.1) is 45.8 Å². The largest absolute Gasteiger partial charge is 0.472 e. The van der Waals surface area contributed by atoms with Crippen LogP contribution in [0.3, 0.4) is 0 Å². The van der Waals surface area contributed by atoms with E-state index in [1.54, 1.807) is 12.5 Å². The molecule has 0 amide bonds. The van der Waals surface area contributed by atoms with Gasteiger partial charge in [-0.05, 0) is 43.1 Å². The maximum Gasteiger partial charge on any atom is 0.308 e. The van der Waals surface area contributed by atoms with Crippen LogP contribution in [0.15, 0.2) is 34.7 Å². The van der Waals surface area contributed by atoms with E-state index in [1.165, 1.54) is 7.11 Å². The molecule has 1 saturated heterocycles. The second-order valence-electron chi connectivity index (χ2n) is 13.4. The van der Waals surface area contributed by atoms with Gasteiger partial charge in [-0.3, -0.25) is 19.2 Å². The first-order chi connectivity index (χ1) is 18.8. The molecule has 3 aliphatic carbocycles.